The first-order valence-corrected chi connectivity index (χ1v) is 3.73. The van der Waals surface area contributed by atoms with Crippen LogP contribution in [0.2, 0.25) is 0 Å². The number of carbonyl (C=O) groups is 1. The summed E-state index contributed by atoms with van der Waals surface area (Å²) in [5.74, 6) is -0.663. The summed E-state index contributed by atoms with van der Waals surface area (Å²) in [5.41, 5.74) is 5.28. The molecule has 0 aliphatic rings. The van der Waals surface area contributed by atoms with Gasteiger partial charge in [0.15, 0.2) is 0 Å². The molecule has 4 nitrogen and oxygen atoms in total. The van der Waals surface area contributed by atoms with Gasteiger partial charge >= 0.3 is 5.97 Å². The number of aliphatic hydroxyl groups is 1. The molecule has 0 aromatic rings. The molecule has 0 aliphatic heterocycles. The van der Waals surface area contributed by atoms with E-state index in [-0.39, 0.29) is 25.0 Å². The highest BCUT2D eigenvalue weighted by Gasteiger charge is 2.16. The van der Waals surface area contributed by atoms with Crippen LogP contribution in [0.1, 0.15) is 13.3 Å². The summed E-state index contributed by atoms with van der Waals surface area (Å²) in [6.45, 7) is 2.31. The van der Waals surface area contributed by atoms with Crippen molar-refractivity contribution < 1.29 is 14.6 Å². The van der Waals surface area contributed by atoms with Gasteiger partial charge in [-0.25, -0.2) is 0 Å². The molecule has 1 atom stereocenters. The van der Waals surface area contributed by atoms with Gasteiger partial charge in [-0.05, 0) is 13.3 Å². The Morgan fingerprint density at radius 2 is 2.36 bits per heavy atom. The van der Waals surface area contributed by atoms with Gasteiger partial charge in [0.25, 0.3) is 0 Å². The van der Waals surface area contributed by atoms with E-state index in [0.717, 1.165) is 0 Å². The molecular weight excluding hydrogens is 146 g/mol. The van der Waals surface area contributed by atoms with E-state index in [1.807, 2.05) is 0 Å². The fraction of sp³-hybridized carbons (Fsp3) is 0.857. The normalized spacial score (nSPS) is 12.6. The molecule has 0 fully saturated rings. The van der Waals surface area contributed by atoms with Gasteiger partial charge in [0.1, 0.15) is 0 Å². The second kappa shape index (κ2) is 6.12. The molecule has 0 aromatic heterocycles. The quantitative estimate of drug-likeness (QED) is 0.533. The molecule has 11 heavy (non-hydrogen) atoms. The Labute approximate surface area is 66.3 Å². The van der Waals surface area contributed by atoms with Crippen LogP contribution >= 0.6 is 0 Å². The van der Waals surface area contributed by atoms with E-state index >= 15 is 0 Å². The fourth-order valence-corrected chi connectivity index (χ4v) is 0.748. The largest absolute Gasteiger partial charge is 0.466 e. The number of esters is 1. The first kappa shape index (κ1) is 10.4. The van der Waals surface area contributed by atoms with Crippen molar-refractivity contribution in [3.8, 4) is 0 Å². The van der Waals surface area contributed by atoms with Crippen molar-refractivity contribution in [2.45, 2.75) is 13.3 Å². The van der Waals surface area contributed by atoms with Crippen molar-refractivity contribution in [1.29, 1.82) is 0 Å². The van der Waals surface area contributed by atoms with E-state index in [1.54, 1.807) is 6.92 Å². The zero-order valence-electron chi connectivity index (χ0n) is 6.75. The Kier molecular flexibility index (Phi) is 5.78. The highest BCUT2D eigenvalue weighted by atomic mass is 16.5. The Bertz CT molecular complexity index is 116. The summed E-state index contributed by atoms with van der Waals surface area (Å²) in [6, 6.07) is 0. The fourth-order valence-electron chi connectivity index (χ4n) is 0.748. The van der Waals surface area contributed by atoms with Crippen LogP contribution in [0.15, 0.2) is 0 Å². The molecule has 3 N–H and O–H groups in total. The van der Waals surface area contributed by atoms with Crippen molar-refractivity contribution in [1.82, 2.24) is 0 Å². The van der Waals surface area contributed by atoms with Gasteiger partial charge < -0.3 is 15.6 Å². The maximum absolute atomic E-state index is 11.0. The smallest absolute Gasteiger partial charge is 0.310 e. The molecule has 0 heterocycles. The molecule has 0 aliphatic carbocycles. The van der Waals surface area contributed by atoms with Crippen LogP contribution in [-0.4, -0.2) is 30.8 Å². The Morgan fingerprint density at radius 3 is 2.73 bits per heavy atom. The minimum Gasteiger partial charge on any atom is -0.466 e. The Hall–Kier alpha value is -0.610. The number of aliphatic hydroxyl groups excluding tert-OH is 1. The van der Waals surface area contributed by atoms with Crippen molar-refractivity contribution in [3.63, 3.8) is 0 Å². The third-order valence-corrected chi connectivity index (χ3v) is 1.38. The van der Waals surface area contributed by atoms with Crippen LogP contribution in [0.3, 0.4) is 0 Å². The summed E-state index contributed by atoms with van der Waals surface area (Å²) >= 11 is 0. The lowest BCUT2D eigenvalue weighted by Gasteiger charge is -2.10. The molecule has 0 saturated heterocycles. The molecule has 0 radical (unpaired) electrons. The first-order chi connectivity index (χ1) is 5.26. The van der Waals surface area contributed by atoms with Crippen molar-refractivity contribution >= 4 is 5.97 Å². The first-order valence-electron chi connectivity index (χ1n) is 3.73. The van der Waals surface area contributed by atoms with Crippen molar-refractivity contribution in [2.24, 2.45) is 11.7 Å². The van der Waals surface area contributed by atoms with E-state index < -0.39 is 0 Å². The third kappa shape index (κ3) is 3.95. The number of carbonyl (C=O) groups excluding carboxylic acids is 1. The minimum atomic E-state index is -0.347. The second-order valence-electron chi connectivity index (χ2n) is 2.20. The van der Waals surface area contributed by atoms with Gasteiger partial charge in [0.2, 0.25) is 0 Å². The van der Waals surface area contributed by atoms with Crippen LogP contribution in [0.5, 0.6) is 0 Å². The van der Waals surface area contributed by atoms with Crippen LogP contribution in [0, 0.1) is 5.92 Å². The predicted molar refractivity (Wildman–Crippen MR) is 40.9 cm³/mol. The zero-order valence-corrected chi connectivity index (χ0v) is 6.75. The topological polar surface area (TPSA) is 72.5 Å². The van der Waals surface area contributed by atoms with E-state index in [9.17, 15) is 4.79 Å². The zero-order chi connectivity index (χ0) is 8.69. The molecule has 0 amide bonds. The Morgan fingerprint density at radius 1 is 1.73 bits per heavy atom. The van der Waals surface area contributed by atoms with Crippen molar-refractivity contribution in [3.05, 3.63) is 0 Å². The maximum Gasteiger partial charge on any atom is 0.310 e. The lowest BCUT2D eigenvalue weighted by molar-refractivity contribution is -0.148. The van der Waals surface area contributed by atoms with Crippen LogP contribution in [0.25, 0.3) is 0 Å². The number of hydrogen-bond acceptors (Lipinski definition) is 4. The highest BCUT2D eigenvalue weighted by Crippen LogP contribution is 2.02. The van der Waals surface area contributed by atoms with E-state index in [4.69, 9.17) is 15.6 Å². The lowest BCUT2D eigenvalue weighted by atomic mass is 10.1. The highest BCUT2D eigenvalue weighted by molar-refractivity contribution is 5.72. The predicted octanol–water partition coefficient (Wildman–Crippen LogP) is -0.493. The molecule has 66 valence electrons. The summed E-state index contributed by atoms with van der Waals surface area (Å²) in [5, 5.41) is 8.52. The summed E-state index contributed by atoms with van der Waals surface area (Å²) in [6.07, 6.45) is 0.384. The van der Waals surface area contributed by atoms with E-state index in [1.165, 1.54) is 0 Å². The molecule has 0 rings (SSSR count). The van der Waals surface area contributed by atoms with Crippen LogP contribution in [-0.2, 0) is 9.53 Å². The van der Waals surface area contributed by atoms with Crippen molar-refractivity contribution in [2.75, 3.05) is 19.8 Å². The molecule has 0 spiro atoms. The second-order valence-corrected chi connectivity index (χ2v) is 2.20. The van der Waals surface area contributed by atoms with Gasteiger partial charge in [-0.15, -0.1) is 0 Å². The van der Waals surface area contributed by atoms with Gasteiger partial charge in [0.05, 0.1) is 12.5 Å². The number of hydrogen-bond donors (Lipinski definition) is 2. The average Bonchev–Trinajstić information content (AvgIpc) is 2.00. The average molecular weight is 161 g/mol. The summed E-state index contributed by atoms with van der Waals surface area (Å²) in [4.78, 5) is 11.0. The van der Waals surface area contributed by atoms with E-state index in [2.05, 4.69) is 0 Å². The van der Waals surface area contributed by atoms with Gasteiger partial charge in [0, 0.05) is 13.2 Å². The standard InChI is InChI=1S/C7H15NO3/c1-2-11-7(10)6(5-8)3-4-9/h6,9H,2-5,8H2,1H3. The third-order valence-electron chi connectivity index (χ3n) is 1.38. The molecule has 4 heteroatoms. The number of ether oxygens (including phenoxy) is 1. The van der Waals surface area contributed by atoms with Gasteiger partial charge in [-0.3, -0.25) is 4.79 Å². The van der Waals surface area contributed by atoms with Crippen LogP contribution < -0.4 is 5.73 Å². The summed E-state index contributed by atoms with van der Waals surface area (Å²) in [7, 11) is 0. The monoisotopic (exact) mass is 161 g/mol. The molecule has 0 aromatic carbocycles. The molecule has 0 bridgehead atoms. The SMILES string of the molecule is CCOC(=O)C(CN)CCO. The minimum absolute atomic E-state index is 0.0271. The number of rotatable bonds is 5. The summed E-state index contributed by atoms with van der Waals surface area (Å²) < 4.78 is 4.72. The van der Waals surface area contributed by atoms with Crippen LogP contribution in [0.4, 0.5) is 0 Å². The molecule has 1 unspecified atom stereocenters. The van der Waals surface area contributed by atoms with Gasteiger partial charge in [-0.2, -0.15) is 0 Å². The lowest BCUT2D eigenvalue weighted by Crippen LogP contribution is -2.26. The van der Waals surface area contributed by atoms with Gasteiger partial charge in [-0.1, -0.05) is 0 Å². The van der Waals surface area contributed by atoms with E-state index in [0.29, 0.717) is 13.0 Å². The Balaban J connectivity index is 3.71. The number of nitrogens with two attached hydrogens (primary N) is 1. The molecule has 0 saturated carbocycles. The maximum atomic E-state index is 11.0. The molecular formula is C7H15NO3.